The van der Waals surface area contributed by atoms with Gasteiger partial charge in [-0.3, -0.25) is 14.5 Å². The van der Waals surface area contributed by atoms with E-state index in [9.17, 15) is 19.1 Å². The number of Topliss-reactive ketones (excluding diaryl/α,β-unsaturated/α-hetero) is 1. The van der Waals surface area contributed by atoms with Gasteiger partial charge in [0.05, 0.1) is 18.2 Å². The van der Waals surface area contributed by atoms with Gasteiger partial charge >= 0.3 is 0 Å². The molecule has 1 N–H and O–H groups in total. The van der Waals surface area contributed by atoms with Crippen LogP contribution < -0.4 is 19.1 Å². The van der Waals surface area contributed by atoms with Crippen LogP contribution in [0, 0.1) is 12.7 Å². The number of benzene rings is 3. The Bertz CT molecular complexity index is 1360. The summed E-state index contributed by atoms with van der Waals surface area (Å²) < 4.78 is 30.2. The monoisotopic (exact) mass is 475 g/mol. The van der Waals surface area contributed by atoms with Crippen molar-refractivity contribution in [2.24, 2.45) is 0 Å². The zero-order valence-electron chi connectivity index (χ0n) is 19.1. The summed E-state index contributed by atoms with van der Waals surface area (Å²) in [6.07, 6.45) is 0. The molecule has 1 unspecified atom stereocenters. The standard InChI is InChI=1S/C27H22FNO6/c1-3-33-19-8-4-16(5-9-19)24-23(25(30)17-6-10-20(28)15(2)12-17)26(31)27(32)29(24)18-7-11-21-22(13-18)35-14-34-21/h4-13,24,30H,3,14H2,1-2H3/b25-23+. The SMILES string of the molecule is CCOc1ccc(C2/C(=C(\O)c3ccc(F)c(C)c3)C(=O)C(=O)N2c2ccc3c(c2)OCO3)cc1. The lowest BCUT2D eigenvalue weighted by Crippen LogP contribution is -2.29. The maximum absolute atomic E-state index is 13.9. The van der Waals surface area contributed by atoms with E-state index in [4.69, 9.17) is 14.2 Å². The van der Waals surface area contributed by atoms with Crippen molar-refractivity contribution >= 4 is 23.1 Å². The van der Waals surface area contributed by atoms with Gasteiger partial charge in [0.2, 0.25) is 6.79 Å². The molecule has 1 fully saturated rings. The minimum Gasteiger partial charge on any atom is -0.507 e. The van der Waals surface area contributed by atoms with Crippen LogP contribution in [0.5, 0.6) is 17.2 Å². The zero-order chi connectivity index (χ0) is 24.7. The fourth-order valence-corrected chi connectivity index (χ4v) is 4.31. The van der Waals surface area contributed by atoms with Crippen LogP contribution in [0.1, 0.15) is 29.7 Å². The number of carbonyl (C=O) groups is 2. The van der Waals surface area contributed by atoms with Gasteiger partial charge in [0.1, 0.15) is 17.3 Å². The van der Waals surface area contributed by atoms with Crippen molar-refractivity contribution in [2.45, 2.75) is 19.9 Å². The number of ketones is 1. The fraction of sp³-hybridized carbons (Fsp3) is 0.185. The second-order valence-corrected chi connectivity index (χ2v) is 8.17. The van der Waals surface area contributed by atoms with E-state index in [2.05, 4.69) is 0 Å². The largest absolute Gasteiger partial charge is 0.507 e. The van der Waals surface area contributed by atoms with Crippen molar-refractivity contribution in [3.05, 3.63) is 88.7 Å². The number of aryl methyl sites for hydroxylation is 1. The number of aliphatic hydroxyl groups excluding tert-OH is 1. The molecule has 0 aromatic heterocycles. The highest BCUT2D eigenvalue weighted by Crippen LogP contribution is 2.45. The molecule has 2 heterocycles. The number of anilines is 1. The Labute approximate surface area is 201 Å². The lowest BCUT2D eigenvalue weighted by Gasteiger charge is -2.25. The van der Waals surface area contributed by atoms with Crippen molar-refractivity contribution in [1.29, 1.82) is 0 Å². The average molecular weight is 475 g/mol. The van der Waals surface area contributed by atoms with Gasteiger partial charge in [-0.15, -0.1) is 0 Å². The Morgan fingerprint density at radius 2 is 1.80 bits per heavy atom. The van der Waals surface area contributed by atoms with E-state index in [1.165, 1.54) is 23.1 Å². The lowest BCUT2D eigenvalue weighted by molar-refractivity contribution is -0.132. The van der Waals surface area contributed by atoms with Gasteiger partial charge in [0.15, 0.2) is 11.5 Å². The first-order chi connectivity index (χ1) is 16.9. The van der Waals surface area contributed by atoms with E-state index < -0.39 is 23.5 Å². The van der Waals surface area contributed by atoms with E-state index in [0.29, 0.717) is 40.7 Å². The lowest BCUT2D eigenvalue weighted by atomic mass is 9.94. The second kappa shape index (κ2) is 8.79. The number of fused-ring (bicyclic) bond motifs is 1. The minimum absolute atomic E-state index is 0.0594. The van der Waals surface area contributed by atoms with Crippen LogP contribution in [0.2, 0.25) is 0 Å². The summed E-state index contributed by atoms with van der Waals surface area (Å²) in [4.78, 5) is 27.9. The smallest absolute Gasteiger partial charge is 0.300 e. The van der Waals surface area contributed by atoms with E-state index >= 15 is 0 Å². The van der Waals surface area contributed by atoms with E-state index in [0.717, 1.165) is 0 Å². The first-order valence-corrected chi connectivity index (χ1v) is 11.1. The molecule has 0 bridgehead atoms. The summed E-state index contributed by atoms with van der Waals surface area (Å²) in [6, 6.07) is 15.0. The number of carbonyl (C=O) groups excluding carboxylic acids is 2. The predicted molar refractivity (Wildman–Crippen MR) is 126 cm³/mol. The van der Waals surface area contributed by atoms with Crippen LogP contribution in [0.25, 0.3) is 5.76 Å². The summed E-state index contributed by atoms with van der Waals surface area (Å²) in [5.74, 6) is -0.859. The molecule has 1 amide bonds. The van der Waals surface area contributed by atoms with Crippen molar-refractivity contribution < 1.29 is 33.3 Å². The number of rotatable bonds is 5. The molecule has 0 spiro atoms. The molecular formula is C27H22FNO6. The summed E-state index contributed by atoms with van der Waals surface area (Å²) in [5, 5.41) is 11.2. The maximum atomic E-state index is 13.9. The number of aliphatic hydroxyl groups is 1. The third kappa shape index (κ3) is 3.86. The molecule has 8 heteroatoms. The second-order valence-electron chi connectivity index (χ2n) is 8.17. The van der Waals surface area contributed by atoms with Crippen LogP contribution >= 0.6 is 0 Å². The Kier molecular flexibility index (Phi) is 5.64. The van der Waals surface area contributed by atoms with Gasteiger partial charge in [-0.2, -0.15) is 0 Å². The Morgan fingerprint density at radius 1 is 1.06 bits per heavy atom. The molecule has 2 aliphatic rings. The molecule has 3 aromatic carbocycles. The van der Waals surface area contributed by atoms with Crippen LogP contribution in [0.15, 0.2) is 66.2 Å². The minimum atomic E-state index is -0.934. The molecule has 0 saturated carbocycles. The van der Waals surface area contributed by atoms with Gasteiger partial charge < -0.3 is 19.3 Å². The highest BCUT2D eigenvalue weighted by molar-refractivity contribution is 6.51. The first-order valence-electron chi connectivity index (χ1n) is 11.1. The summed E-state index contributed by atoms with van der Waals surface area (Å²) in [6.45, 7) is 3.97. The maximum Gasteiger partial charge on any atom is 0.300 e. The normalized spacial score (nSPS) is 18.3. The molecule has 0 aliphatic carbocycles. The number of hydrogen-bond donors (Lipinski definition) is 1. The first kappa shape index (κ1) is 22.5. The number of nitrogens with zero attached hydrogens (tertiary/aromatic N) is 1. The molecule has 7 nitrogen and oxygen atoms in total. The molecule has 35 heavy (non-hydrogen) atoms. The topological polar surface area (TPSA) is 85.3 Å². The third-order valence-electron chi connectivity index (χ3n) is 6.02. The highest BCUT2D eigenvalue weighted by atomic mass is 19.1. The summed E-state index contributed by atoms with van der Waals surface area (Å²) in [5.41, 5.74) is 1.44. The number of ether oxygens (including phenoxy) is 3. The van der Waals surface area contributed by atoms with Crippen LogP contribution in [-0.4, -0.2) is 30.2 Å². The predicted octanol–water partition coefficient (Wildman–Crippen LogP) is 4.89. The average Bonchev–Trinajstić information content (AvgIpc) is 3.43. The fourth-order valence-electron chi connectivity index (χ4n) is 4.31. The molecule has 3 aromatic rings. The molecule has 2 aliphatic heterocycles. The Hall–Kier alpha value is -4.33. The zero-order valence-corrected chi connectivity index (χ0v) is 19.1. The molecule has 1 saturated heterocycles. The molecule has 0 radical (unpaired) electrons. The van der Waals surface area contributed by atoms with Crippen molar-refractivity contribution in [1.82, 2.24) is 0 Å². The third-order valence-corrected chi connectivity index (χ3v) is 6.02. The Morgan fingerprint density at radius 3 is 2.51 bits per heavy atom. The van der Waals surface area contributed by atoms with E-state index in [-0.39, 0.29) is 23.7 Å². The van der Waals surface area contributed by atoms with Gasteiger partial charge in [-0.25, -0.2) is 4.39 Å². The van der Waals surface area contributed by atoms with Crippen molar-refractivity contribution in [2.75, 3.05) is 18.3 Å². The number of amides is 1. The highest BCUT2D eigenvalue weighted by Gasteiger charge is 2.47. The van der Waals surface area contributed by atoms with Gasteiger partial charge in [-0.05, 0) is 67.4 Å². The van der Waals surface area contributed by atoms with Gasteiger partial charge in [0, 0.05) is 17.3 Å². The van der Waals surface area contributed by atoms with E-state index in [1.807, 2.05) is 6.92 Å². The van der Waals surface area contributed by atoms with Gasteiger partial charge in [-0.1, -0.05) is 12.1 Å². The van der Waals surface area contributed by atoms with Crippen LogP contribution in [0.4, 0.5) is 10.1 Å². The number of halogens is 1. The number of hydrogen-bond acceptors (Lipinski definition) is 6. The van der Waals surface area contributed by atoms with Crippen molar-refractivity contribution in [3.63, 3.8) is 0 Å². The van der Waals surface area contributed by atoms with Crippen LogP contribution in [-0.2, 0) is 9.59 Å². The summed E-state index contributed by atoms with van der Waals surface area (Å²) in [7, 11) is 0. The Balaban J connectivity index is 1.68. The molecule has 5 rings (SSSR count). The molecule has 178 valence electrons. The van der Waals surface area contributed by atoms with Gasteiger partial charge in [0.25, 0.3) is 11.7 Å². The molecule has 1 atom stereocenters. The van der Waals surface area contributed by atoms with Crippen LogP contribution in [0.3, 0.4) is 0 Å². The quantitative estimate of drug-likeness (QED) is 0.321. The molecular weight excluding hydrogens is 453 g/mol. The van der Waals surface area contributed by atoms with Crippen molar-refractivity contribution in [3.8, 4) is 17.2 Å². The van der Waals surface area contributed by atoms with E-state index in [1.54, 1.807) is 49.4 Å². The summed E-state index contributed by atoms with van der Waals surface area (Å²) >= 11 is 0.